The normalized spacial score (nSPS) is 17.6. The summed E-state index contributed by atoms with van der Waals surface area (Å²) in [5.74, 6) is -2.48. The predicted molar refractivity (Wildman–Crippen MR) is 147 cm³/mol. The summed E-state index contributed by atoms with van der Waals surface area (Å²) in [6.45, 7) is 5.18. The standard InChI is InChI=1S/C27H30FN4O9P/c1-6-27(40-26(35)29-13(2)3)18-8-21-23-16(11-32(21)24(33)17(18)12-39-25(27)34)15(10-31(4)5)14-7-22(41-42(36,37)38)19(28)9-20(14)30-23/h7-9,13H,6,10-12H2,1-5H3,(H,29,35)(H2,36,37,38)/t27-/m0/s1. The number of phosphoric acid groups is 1. The molecule has 1 aromatic carbocycles. The van der Waals surface area contributed by atoms with Crippen LogP contribution < -0.4 is 15.4 Å². The number of fused-ring (bicyclic) bond motifs is 5. The number of amides is 1. The van der Waals surface area contributed by atoms with Crippen LogP contribution in [0.5, 0.6) is 5.75 Å². The van der Waals surface area contributed by atoms with E-state index in [2.05, 4.69) is 14.8 Å². The molecule has 2 aromatic heterocycles. The van der Waals surface area contributed by atoms with Gasteiger partial charge in [-0.1, -0.05) is 6.92 Å². The Kier molecular flexibility index (Phi) is 7.38. The zero-order chi connectivity index (χ0) is 30.7. The second kappa shape index (κ2) is 10.5. The zero-order valence-corrected chi connectivity index (χ0v) is 24.5. The monoisotopic (exact) mass is 604 g/mol. The number of phosphoric ester groups is 1. The highest BCUT2D eigenvalue weighted by molar-refractivity contribution is 7.46. The van der Waals surface area contributed by atoms with Crippen molar-refractivity contribution < 1.29 is 42.3 Å². The Hall–Kier alpha value is -3.84. The van der Waals surface area contributed by atoms with E-state index in [1.165, 1.54) is 10.6 Å². The number of halogens is 1. The third-order valence-electron chi connectivity index (χ3n) is 7.19. The summed E-state index contributed by atoms with van der Waals surface area (Å²) in [5, 5.41) is 2.97. The maximum Gasteiger partial charge on any atom is 0.524 e. The molecular weight excluding hydrogens is 574 g/mol. The van der Waals surface area contributed by atoms with Crippen LogP contribution in [0.3, 0.4) is 0 Å². The Morgan fingerprint density at radius 2 is 1.98 bits per heavy atom. The number of cyclic esters (lactones) is 1. The van der Waals surface area contributed by atoms with Crippen LogP contribution in [-0.2, 0) is 44.1 Å². The molecular formula is C27H30FN4O9P. The van der Waals surface area contributed by atoms with Crippen molar-refractivity contribution in [1.29, 1.82) is 0 Å². The van der Waals surface area contributed by atoms with Gasteiger partial charge >= 0.3 is 19.9 Å². The average Bonchev–Trinajstić information content (AvgIpc) is 3.24. The molecule has 2 aliphatic heterocycles. The summed E-state index contributed by atoms with van der Waals surface area (Å²) in [6, 6.07) is 3.51. The van der Waals surface area contributed by atoms with Crippen LogP contribution in [0.25, 0.3) is 22.3 Å². The van der Waals surface area contributed by atoms with Crippen molar-refractivity contribution in [3.05, 3.63) is 56.6 Å². The molecule has 1 atom stereocenters. The molecule has 0 radical (unpaired) electrons. The second-order valence-electron chi connectivity index (χ2n) is 10.8. The minimum absolute atomic E-state index is 0.00924. The summed E-state index contributed by atoms with van der Waals surface area (Å²) < 4.78 is 43.4. The van der Waals surface area contributed by atoms with Gasteiger partial charge in [0.15, 0.2) is 11.6 Å². The molecule has 15 heteroatoms. The van der Waals surface area contributed by atoms with E-state index >= 15 is 0 Å². The Bertz CT molecular complexity index is 1750. The van der Waals surface area contributed by atoms with E-state index in [9.17, 15) is 33.1 Å². The van der Waals surface area contributed by atoms with Crippen LogP contribution in [0.4, 0.5) is 9.18 Å². The van der Waals surface area contributed by atoms with Gasteiger partial charge in [0.25, 0.3) is 5.56 Å². The zero-order valence-electron chi connectivity index (χ0n) is 23.6. The lowest BCUT2D eigenvalue weighted by Gasteiger charge is -2.35. The number of hydrogen-bond donors (Lipinski definition) is 3. The molecule has 2 aliphatic rings. The summed E-state index contributed by atoms with van der Waals surface area (Å²) in [5.41, 5.74) is 0.127. The average molecular weight is 605 g/mol. The Balaban J connectivity index is 1.75. The maximum absolute atomic E-state index is 14.9. The van der Waals surface area contributed by atoms with Gasteiger partial charge in [0.05, 0.1) is 29.0 Å². The minimum Gasteiger partial charge on any atom is -0.457 e. The highest BCUT2D eigenvalue weighted by Gasteiger charge is 2.50. The SMILES string of the molecule is CC[C@@]1(OC(=O)NC(C)C)C(=O)OCc2c1cc1n(c2=O)Cc2c-1nc1cc(F)c(OP(=O)(O)O)cc1c2CN(C)C. The number of nitrogens with zero attached hydrogens (tertiary/aromatic N) is 3. The number of benzene rings is 1. The van der Waals surface area contributed by atoms with Gasteiger partial charge in [-0.25, -0.2) is 23.5 Å². The first kappa shape index (κ1) is 29.6. The number of carbonyl (C=O) groups excluding carboxylic acids is 2. The Morgan fingerprint density at radius 3 is 2.60 bits per heavy atom. The summed E-state index contributed by atoms with van der Waals surface area (Å²) in [7, 11) is -1.44. The highest BCUT2D eigenvalue weighted by Crippen LogP contribution is 2.44. The summed E-state index contributed by atoms with van der Waals surface area (Å²) in [6.07, 6.45) is -0.858. The fourth-order valence-corrected chi connectivity index (χ4v) is 5.84. The summed E-state index contributed by atoms with van der Waals surface area (Å²) >= 11 is 0. The molecule has 0 saturated heterocycles. The maximum atomic E-state index is 14.9. The molecule has 3 N–H and O–H groups in total. The van der Waals surface area contributed by atoms with Crippen LogP contribution in [0.2, 0.25) is 0 Å². The molecule has 0 spiro atoms. The van der Waals surface area contributed by atoms with E-state index in [4.69, 9.17) is 9.47 Å². The first-order valence-electron chi connectivity index (χ1n) is 13.1. The lowest BCUT2D eigenvalue weighted by atomic mass is 9.85. The van der Waals surface area contributed by atoms with Crippen LogP contribution in [0.1, 0.15) is 49.4 Å². The quantitative estimate of drug-likeness (QED) is 0.209. The van der Waals surface area contributed by atoms with Crippen LogP contribution in [0.15, 0.2) is 23.0 Å². The Labute approximate surface area is 239 Å². The predicted octanol–water partition coefficient (Wildman–Crippen LogP) is 2.89. The number of carbonyl (C=O) groups is 2. The number of rotatable bonds is 7. The van der Waals surface area contributed by atoms with Gasteiger partial charge in [-0.2, -0.15) is 0 Å². The molecule has 0 saturated carbocycles. The van der Waals surface area contributed by atoms with Gasteiger partial charge in [0.2, 0.25) is 5.60 Å². The smallest absolute Gasteiger partial charge is 0.457 e. The molecule has 4 heterocycles. The van der Waals surface area contributed by atoms with Crippen molar-refractivity contribution in [2.75, 3.05) is 14.1 Å². The molecule has 0 bridgehead atoms. The summed E-state index contributed by atoms with van der Waals surface area (Å²) in [4.78, 5) is 64.7. The number of hydrogen-bond acceptors (Lipinski definition) is 9. The molecule has 0 aliphatic carbocycles. The number of pyridine rings is 2. The molecule has 42 heavy (non-hydrogen) atoms. The van der Waals surface area contributed by atoms with E-state index in [1.54, 1.807) is 40.9 Å². The van der Waals surface area contributed by atoms with Crippen molar-refractivity contribution in [2.24, 2.45) is 0 Å². The molecule has 0 unspecified atom stereocenters. The number of nitrogens with one attached hydrogen (secondary N) is 1. The number of esters is 1. The van der Waals surface area contributed by atoms with Crippen LogP contribution in [0, 0.1) is 5.82 Å². The van der Waals surface area contributed by atoms with Gasteiger partial charge in [0.1, 0.15) is 6.61 Å². The van der Waals surface area contributed by atoms with Gasteiger partial charge < -0.3 is 28.8 Å². The molecule has 3 aromatic rings. The topological polar surface area (TPSA) is 170 Å². The first-order valence-corrected chi connectivity index (χ1v) is 14.7. The molecule has 5 rings (SSSR count). The van der Waals surface area contributed by atoms with Crippen LogP contribution >= 0.6 is 7.82 Å². The number of ether oxygens (including phenoxy) is 2. The van der Waals surface area contributed by atoms with E-state index in [0.717, 1.165) is 6.07 Å². The largest absolute Gasteiger partial charge is 0.524 e. The second-order valence-corrected chi connectivity index (χ2v) is 12.0. The first-order chi connectivity index (χ1) is 19.6. The van der Waals surface area contributed by atoms with Crippen LogP contribution in [-0.4, -0.2) is 56.4 Å². The molecule has 224 valence electrons. The third kappa shape index (κ3) is 5.04. The number of aromatic nitrogens is 2. The Morgan fingerprint density at radius 1 is 1.26 bits per heavy atom. The molecule has 13 nitrogen and oxygen atoms in total. The van der Waals surface area contributed by atoms with E-state index in [1.807, 2.05) is 4.90 Å². The van der Waals surface area contributed by atoms with E-state index in [0.29, 0.717) is 34.4 Å². The molecule has 0 fully saturated rings. The lowest BCUT2D eigenvalue weighted by molar-refractivity contribution is -0.172. The van der Waals surface area contributed by atoms with Gasteiger partial charge in [-0.05, 0) is 52.1 Å². The van der Waals surface area contributed by atoms with Gasteiger partial charge in [-0.15, -0.1) is 0 Å². The van der Waals surface area contributed by atoms with Crippen molar-refractivity contribution >= 4 is 30.8 Å². The number of alkyl carbamates (subject to hydrolysis) is 1. The minimum atomic E-state index is -5.05. The van der Waals surface area contributed by atoms with Crippen molar-refractivity contribution in [3.63, 3.8) is 0 Å². The van der Waals surface area contributed by atoms with E-state index in [-0.39, 0.29) is 42.3 Å². The van der Waals surface area contributed by atoms with Gasteiger partial charge in [-0.3, -0.25) is 14.6 Å². The fourth-order valence-electron chi connectivity index (χ4n) is 5.44. The fraction of sp³-hybridized carbons (Fsp3) is 0.407. The third-order valence-corrected chi connectivity index (χ3v) is 7.63. The van der Waals surface area contributed by atoms with E-state index < -0.39 is 42.6 Å². The molecule has 1 amide bonds. The van der Waals surface area contributed by atoms with Crippen molar-refractivity contribution in [2.45, 2.75) is 58.5 Å². The highest BCUT2D eigenvalue weighted by atomic mass is 31.2. The van der Waals surface area contributed by atoms with Gasteiger partial charge in [0, 0.05) is 35.2 Å². The van der Waals surface area contributed by atoms with Crippen molar-refractivity contribution in [3.8, 4) is 17.1 Å². The lowest BCUT2D eigenvalue weighted by Crippen LogP contribution is -2.49. The van der Waals surface area contributed by atoms with Crippen molar-refractivity contribution in [1.82, 2.24) is 19.8 Å².